The maximum atomic E-state index is 12.6. The van der Waals surface area contributed by atoms with Gasteiger partial charge in [-0.2, -0.15) is 4.39 Å². The minimum Gasteiger partial charge on any atom is -0.330 e. The average Bonchev–Trinajstić information content (AvgIpc) is 2.11. The van der Waals surface area contributed by atoms with Crippen LogP contribution in [-0.4, -0.2) is 11.5 Å². The van der Waals surface area contributed by atoms with Crippen LogP contribution in [0.1, 0.15) is 12.0 Å². The normalized spacial score (nSPS) is 9.15. The monoisotopic (exact) mass is 198 g/mol. The van der Waals surface area contributed by atoms with E-state index < -0.39 is 5.95 Å². The standard InChI is InChI=1S/C9H8ClFN2/c10-8-6-13-9(11)5-7(8)3-1-2-4-12/h5-6H,2,4,12H2. The third-order valence-electron chi connectivity index (χ3n) is 1.31. The van der Waals surface area contributed by atoms with E-state index in [4.69, 9.17) is 17.3 Å². The van der Waals surface area contributed by atoms with E-state index in [1.54, 1.807) is 0 Å². The second-order valence-corrected chi connectivity index (χ2v) is 2.73. The second-order valence-electron chi connectivity index (χ2n) is 2.33. The van der Waals surface area contributed by atoms with Crippen molar-refractivity contribution in [2.24, 2.45) is 5.73 Å². The topological polar surface area (TPSA) is 38.9 Å². The van der Waals surface area contributed by atoms with Crippen molar-refractivity contribution < 1.29 is 4.39 Å². The van der Waals surface area contributed by atoms with Crippen LogP contribution in [0.15, 0.2) is 12.3 Å². The Hall–Kier alpha value is -1.11. The summed E-state index contributed by atoms with van der Waals surface area (Å²) < 4.78 is 12.6. The molecule has 1 aromatic rings. The molecule has 4 heteroatoms. The van der Waals surface area contributed by atoms with Gasteiger partial charge >= 0.3 is 0 Å². The largest absolute Gasteiger partial charge is 0.330 e. The van der Waals surface area contributed by atoms with Crippen LogP contribution in [0.25, 0.3) is 0 Å². The van der Waals surface area contributed by atoms with E-state index in [2.05, 4.69) is 16.8 Å². The van der Waals surface area contributed by atoms with Crippen molar-refractivity contribution in [2.75, 3.05) is 6.54 Å². The van der Waals surface area contributed by atoms with Crippen LogP contribution in [0.5, 0.6) is 0 Å². The van der Waals surface area contributed by atoms with Gasteiger partial charge in [-0.05, 0) is 0 Å². The van der Waals surface area contributed by atoms with Gasteiger partial charge in [-0.25, -0.2) is 4.98 Å². The predicted molar refractivity (Wildman–Crippen MR) is 49.8 cm³/mol. The van der Waals surface area contributed by atoms with E-state index in [1.165, 1.54) is 12.3 Å². The highest BCUT2D eigenvalue weighted by Crippen LogP contribution is 2.13. The highest BCUT2D eigenvalue weighted by Gasteiger charge is 1.98. The van der Waals surface area contributed by atoms with E-state index >= 15 is 0 Å². The van der Waals surface area contributed by atoms with Gasteiger partial charge in [0.1, 0.15) is 0 Å². The number of rotatable bonds is 1. The van der Waals surface area contributed by atoms with Gasteiger partial charge in [-0.1, -0.05) is 23.4 Å². The molecule has 0 aliphatic carbocycles. The van der Waals surface area contributed by atoms with Crippen LogP contribution in [0.3, 0.4) is 0 Å². The lowest BCUT2D eigenvalue weighted by Gasteiger charge is -1.93. The number of aromatic nitrogens is 1. The Bertz CT molecular complexity index is 354. The maximum absolute atomic E-state index is 12.6. The van der Waals surface area contributed by atoms with Crippen LogP contribution >= 0.6 is 11.6 Å². The first kappa shape index (κ1) is 9.97. The zero-order valence-electron chi connectivity index (χ0n) is 6.85. The molecule has 2 nitrogen and oxygen atoms in total. The van der Waals surface area contributed by atoms with Crippen molar-refractivity contribution in [2.45, 2.75) is 6.42 Å². The van der Waals surface area contributed by atoms with Gasteiger partial charge < -0.3 is 5.73 Å². The van der Waals surface area contributed by atoms with E-state index in [-0.39, 0.29) is 0 Å². The zero-order valence-corrected chi connectivity index (χ0v) is 7.61. The first-order valence-corrected chi connectivity index (χ1v) is 4.12. The summed E-state index contributed by atoms with van der Waals surface area (Å²) in [7, 11) is 0. The van der Waals surface area contributed by atoms with Crippen LogP contribution in [-0.2, 0) is 0 Å². The first-order valence-electron chi connectivity index (χ1n) is 3.74. The summed E-state index contributed by atoms with van der Waals surface area (Å²) in [6.45, 7) is 0.484. The molecule has 0 fully saturated rings. The van der Waals surface area contributed by atoms with Crippen LogP contribution in [0.2, 0.25) is 5.02 Å². The van der Waals surface area contributed by atoms with Gasteiger partial charge in [-0.15, -0.1) is 0 Å². The summed E-state index contributed by atoms with van der Waals surface area (Å²) in [5.74, 6) is 4.90. The Labute approximate surface area is 80.9 Å². The summed E-state index contributed by atoms with van der Waals surface area (Å²) >= 11 is 5.71. The van der Waals surface area contributed by atoms with Gasteiger partial charge in [0.05, 0.1) is 5.02 Å². The minimum atomic E-state index is -0.582. The molecule has 2 N–H and O–H groups in total. The van der Waals surface area contributed by atoms with E-state index in [0.717, 1.165) is 0 Å². The molecule has 0 aromatic carbocycles. The number of nitrogens with two attached hydrogens (primary N) is 1. The summed E-state index contributed by atoms with van der Waals surface area (Å²) in [5.41, 5.74) is 5.69. The molecular weight excluding hydrogens is 191 g/mol. The first-order chi connectivity index (χ1) is 6.24. The molecule has 68 valence electrons. The van der Waals surface area contributed by atoms with Crippen LogP contribution < -0.4 is 5.73 Å². The van der Waals surface area contributed by atoms with Crippen LogP contribution in [0, 0.1) is 17.8 Å². The third-order valence-corrected chi connectivity index (χ3v) is 1.62. The highest BCUT2D eigenvalue weighted by atomic mass is 35.5. The molecule has 1 rings (SSSR count). The highest BCUT2D eigenvalue weighted by molar-refractivity contribution is 6.31. The van der Waals surface area contributed by atoms with Crippen LogP contribution in [0.4, 0.5) is 4.39 Å². The molecule has 0 unspecified atom stereocenters. The summed E-state index contributed by atoms with van der Waals surface area (Å²) in [5, 5.41) is 0.353. The predicted octanol–water partition coefficient (Wildman–Crippen LogP) is 1.57. The van der Waals surface area contributed by atoms with Crippen molar-refractivity contribution in [1.82, 2.24) is 4.98 Å². The van der Waals surface area contributed by atoms with Crippen molar-refractivity contribution in [1.29, 1.82) is 0 Å². The fraction of sp³-hybridized carbons (Fsp3) is 0.222. The van der Waals surface area contributed by atoms with Gasteiger partial charge in [0.25, 0.3) is 0 Å². The van der Waals surface area contributed by atoms with Crippen molar-refractivity contribution >= 4 is 11.6 Å². The Morgan fingerprint density at radius 3 is 3.08 bits per heavy atom. The summed E-state index contributed by atoms with van der Waals surface area (Å²) in [4.78, 5) is 3.38. The fourth-order valence-corrected chi connectivity index (χ4v) is 0.889. The van der Waals surface area contributed by atoms with E-state index in [9.17, 15) is 4.39 Å². The van der Waals surface area contributed by atoms with Gasteiger partial charge in [-0.3, -0.25) is 0 Å². The molecule has 0 bridgehead atoms. The number of hydrogen-bond acceptors (Lipinski definition) is 2. The molecule has 0 spiro atoms. The molecule has 0 aliphatic rings. The molecule has 0 amide bonds. The average molecular weight is 199 g/mol. The van der Waals surface area contributed by atoms with Crippen molar-refractivity contribution in [3.63, 3.8) is 0 Å². The number of pyridine rings is 1. The Morgan fingerprint density at radius 1 is 1.62 bits per heavy atom. The fourth-order valence-electron chi connectivity index (χ4n) is 0.739. The van der Waals surface area contributed by atoms with Crippen molar-refractivity contribution in [3.05, 3.63) is 28.8 Å². The minimum absolute atomic E-state index is 0.353. The Kier molecular flexibility index (Phi) is 3.69. The smallest absolute Gasteiger partial charge is 0.214 e. The van der Waals surface area contributed by atoms with Gasteiger partial charge in [0.2, 0.25) is 5.95 Å². The summed E-state index contributed by atoms with van der Waals surface area (Å²) in [6, 6.07) is 1.20. The molecule has 1 heterocycles. The van der Waals surface area contributed by atoms with Crippen molar-refractivity contribution in [3.8, 4) is 11.8 Å². The maximum Gasteiger partial charge on any atom is 0.214 e. The lowest BCUT2D eigenvalue weighted by molar-refractivity contribution is 0.583. The molecule has 13 heavy (non-hydrogen) atoms. The van der Waals surface area contributed by atoms with Gasteiger partial charge in [0.15, 0.2) is 0 Å². The molecular formula is C9H8ClFN2. The Balaban J connectivity index is 2.89. The quantitative estimate of drug-likeness (QED) is 0.550. The molecule has 0 atom stereocenters. The van der Waals surface area contributed by atoms with E-state index in [1.807, 2.05) is 0 Å². The lowest BCUT2D eigenvalue weighted by Crippen LogP contribution is -1.95. The Morgan fingerprint density at radius 2 is 2.38 bits per heavy atom. The molecule has 0 saturated heterocycles. The SMILES string of the molecule is NCCC#Cc1cc(F)ncc1Cl. The van der Waals surface area contributed by atoms with E-state index in [0.29, 0.717) is 23.6 Å². The molecule has 0 radical (unpaired) electrons. The molecule has 0 saturated carbocycles. The number of nitrogens with zero attached hydrogens (tertiary/aromatic N) is 1. The van der Waals surface area contributed by atoms with Gasteiger partial charge in [0, 0.05) is 30.8 Å². The summed E-state index contributed by atoms with van der Waals surface area (Å²) in [6.07, 6.45) is 1.81. The lowest BCUT2D eigenvalue weighted by atomic mass is 10.2. The number of hydrogen-bond donors (Lipinski definition) is 1. The zero-order chi connectivity index (χ0) is 9.68. The number of halogens is 2. The molecule has 1 aromatic heterocycles. The third kappa shape index (κ3) is 3.02. The second kappa shape index (κ2) is 4.80. The molecule has 0 aliphatic heterocycles.